The number of rotatable bonds is 3. The predicted molar refractivity (Wildman–Crippen MR) is 99.7 cm³/mol. The minimum absolute atomic E-state index is 0.330. The van der Waals surface area contributed by atoms with E-state index in [0.717, 1.165) is 12.2 Å². The van der Waals surface area contributed by atoms with Gasteiger partial charge in [-0.25, -0.2) is 0 Å². The Morgan fingerprint density at radius 3 is 2.50 bits per heavy atom. The Morgan fingerprint density at radius 1 is 0.917 bits per heavy atom. The molecule has 120 valence electrons. The van der Waals surface area contributed by atoms with Crippen molar-refractivity contribution in [3.63, 3.8) is 0 Å². The molecule has 24 heavy (non-hydrogen) atoms. The molecule has 0 bridgehead atoms. The van der Waals surface area contributed by atoms with Gasteiger partial charge in [-0.2, -0.15) is 0 Å². The lowest BCUT2D eigenvalue weighted by atomic mass is 9.97. The number of methoxy groups -OCH3 is 1. The molecule has 2 nitrogen and oxygen atoms in total. The molecule has 0 saturated carbocycles. The van der Waals surface area contributed by atoms with Crippen molar-refractivity contribution < 1.29 is 4.74 Å². The topological polar surface area (TPSA) is 21.3 Å². The Bertz CT molecular complexity index is 870. The molecule has 0 spiro atoms. The SMILES string of the molecule is COc1ccc(C2Cc3cc(-c4ccccc4)ccc3N2)c(C)c1. The van der Waals surface area contributed by atoms with E-state index in [1.54, 1.807) is 7.11 Å². The minimum atomic E-state index is 0.330. The summed E-state index contributed by atoms with van der Waals surface area (Å²) in [6, 6.07) is 23.9. The number of aryl methyl sites for hydroxylation is 1. The molecule has 3 aromatic rings. The van der Waals surface area contributed by atoms with Crippen LogP contribution in [-0.4, -0.2) is 7.11 Å². The number of benzene rings is 3. The van der Waals surface area contributed by atoms with Crippen LogP contribution in [0.4, 0.5) is 5.69 Å². The third kappa shape index (κ3) is 2.65. The van der Waals surface area contributed by atoms with Crippen LogP contribution < -0.4 is 10.1 Å². The molecule has 0 fully saturated rings. The Balaban J connectivity index is 1.63. The summed E-state index contributed by atoms with van der Waals surface area (Å²) in [6.07, 6.45) is 1.02. The van der Waals surface area contributed by atoms with E-state index in [2.05, 4.69) is 72.9 Å². The maximum absolute atomic E-state index is 5.32. The third-order valence-electron chi connectivity index (χ3n) is 4.82. The highest BCUT2D eigenvalue weighted by molar-refractivity contribution is 5.70. The third-order valence-corrected chi connectivity index (χ3v) is 4.82. The summed E-state index contributed by atoms with van der Waals surface area (Å²) < 4.78 is 5.32. The van der Waals surface area contributed by atoms with Crippen LogP contribution in [0.3, 0.4) is 0 Å². The van der Waals surface area contributed by atoms with Crippen molar-refractivity contribution in [1.82, 2.24) is 0 Å². The Kier molecular flexibility index (Phi) is 3.73. The highest BCUT2D eigenvalue weighted by atomic mass is 16.5. The summed E-state index contributed by atoms with van der Waals surface area (Å²) >= 11 is 0. The predicted octanol–water partition coefficient (Wildman–Crippen LogP) is 5.38. The van der Waals surface area contributed by atoms with Crippen molar-refractivity contribution in [3.05, 3.63) is 83.4 Å². The summed E-state index contributed by atoms with van der Waals surface area (Å²) in [5.74, 6) is 0.915. The molecule has 1 aliphatic rings. The van der Waals surface area contributed by atoms with Gasteiger partial charge < -0.3 is 10.1 Å². The first-order valence-electron chi connectivity index (χ1n) is 8.34. The summed E-state index contributed by atoms with van der Waals surface area (Å²) in [5, 5.41) is 3.67. The van der Waals surface area contributed by atoms with Gasteiger partial charge in [-0.3, -0.25) is 0 Å². The van der Waals surface area contributed by atoms with E-state index in [-0.39, 0.29) is 0 Å². The van der Waals surface area contributed by atoms with E-state index in [0.29, 0.717) is 6.04 Å². The monoisotopic (exact) mass is 315 g/mol. The lowest BCUT2D eigenvalue weighted by molar-refractivity contribution is 0.414. The molecule has 1 unspecified atom stereocenters. The normalized spacial score (nSPS) is 15.7. The maximum atomic E-state index is 5.32. The second-order valence-electron chi connectivity index (χ2n) is 6.36. The first-order chi connectivity index (χ1) is 11.7. The van der Waals surface area contributed by atoms with Gasteiger partial charge in [0.15, 0.2) is 0 Å². The maximum Gasteiger partial charge on any atom is 0.119 e. The van der Waals surface area contributed by atoms with Gasteiger partial charge in [0.1, 0.15) is 5.75 Å². The summed E-state index contributed by atoms with van der Waals surface area (Å²) in [5.41, 5.74) is 7.79. The van der Waals surface area contributed by atoms with Crippen LogP contribution in [0.5, 0.6) is 5.75 Å². The molecular weight excluding hydrogens is 294 g/mol. The average molecular weight is 315 g/mol. The lowest BCUT2D eigenvalue weighted by Gasteiger charge is -2.15. The van der Waals surface area contributed by atoms with Gasteiger partial charge in [-0.05, 0) is 65.4 Å². The largest absolute Gasteiger partial charge is 0.497 e. The highest BCUT2D eigenvalue weighted by Gasteiger charge is 2.23. The number of ether oxygens (including phenoxy) is 1. The molecule has 1 aliphatic heterocycles. The van der Waals surface area contributed by atoms with Crippen LogP contribution in [0, 0.1) is 6.92 Å². The molecule has 4 rings (SSSR count). The van der Waals surface area contributed by atoms with E-state index in [1.807, 2.05) is 6.07 Å². The molecule has 1 heterocycles. The van der Waals surface area contributed by atoms with Crippen LogP contribution >= 0.6 is 0 Å². The average Bonchev–Trinajstić information content (AvgIpc) is 3.05. The van der Waals surface area contributed by atoms with Crippen molar-refractivity contribution in [2.45, 2.75) is 19.4 Å². The standard InChI is InChI=1S/C22H21NO/c1-15-12-19(24-2)9-10-20(15)22-14-18-13-17(8-11-21(18)23-22)16-6-4-3-5-7-16/h3-13,22-23H,14H2,1-2H3. The van der Waals surface area contributed by atoms with E-state index < -0.39 is 0 Å². The fourth-order valence-electron chi connectivity index (χ4n) is 3.53. The van der Waals surface area contributed by atoms with Crippen LogP contribution in [-0.2, 0) is 6.42 Å². The zero-order valence-corrected chi connectivity index (χ0v) is 14.0. The lowest BCUT2D eigenvalue weighted by Crippen LogP contribution is -2.07. The van der Waals surface area contributed by atoms with Gasteiger partial charge in [0.05, 0.1) is 13.2 Å². The molecule has 1 N–H and O–H groups in total. The number of hydrogen-bond acceptors (Lipinski definition) is 2. The fourth-order valence-corrected chi connectivity index (χ4v) is 3.53. The zero-order chi connectivity index (χ0) is 16.5. The van der Waals surface area contributed by atoms with E-state index in [9.17, 15) is 0 Å². The Labute approximate surface area is 143 Å². The van der Waals surface area contributed by atoms with Crippen LogP contribution in [0.15, 0.2) is 66.7 Å². The second-order valence-corrected chi connectivity index (χ2v) is 6.36. The van der Waals surface area contributed by atoms with Crippen LogP contribution in [0.25, 0.3) is 11.1 Å². The van der Waals surface area contributed by atoms with Crippen molar-refractivity contribution >= 4 is 5.69 Å². The molecule has 3 aromatic carbocycles. The molecule has 0 amide bonds. The first kappa shape index (κ1) is 14.8. The minimum Gasteiger partial charge on any atom is -0.497 e. The Morgan fingerprint density at radius 2 is 1.75 bits per heavy atom. The van der Waals surface area contributed by atoms with Gasteiger partial charge >= 0.3 is 0 Å². The molecule has 0 saturated heterocycles. The number of hydrogen-bond donors (Lipinski definition) is 1. The quantitative estimate of drug-likeness (QED) is 0.700. The van der Waals surface area contributed by atoms with Crippen LogP contribution in [0.2, 0.25) is 0 Å². The summed E-state index contributed by atoms with van der Waals surface area (Å²) in [7, 11) is 1.71. The van der Waals surface area contributed by atoms with Gasteiger partial charge in [-0.1, -0.05) is 42.5 Å². The van der Waals surface area contributed by atoms with Crippen molar-refractivity contribution in [2.75, 3.05) is 12.4 Å². The van der Waals surface area contributed by atoms with Crippen molar-refractivity contribution in [3.8, 4) is 16.9 Å². The number of nitrogens with one attached hydrogen (secondary N) is 1. The van der Waals surface area contributed by atoms with Crippen LogP contribution in [0.1, 0.15) is 22.7 Å². The molecule has 0 radical (unpaired) electrons. The summed E-state index contributed by atoms with van der Waals surface area (Å²) in [6.45, 7) is 2.15. The molecule has 0 aromatic heterocycles. The molecule has 0 aliphatic carbocycles. The van der Waals surface area contributed by atoms with Gasteiger partial charge in [0, 0.05) is 5.69 Å². The highest BCUT2D eigenvalue weighted by Crippen LogP contribution is 2.38. The van der Waals surface area contributed by atoms with Gasteiger partial charge in [0.2, 0.25) is 0 Å². The number of anilines is 1. The fraction of sp³-hybridized carbons (Fsp3) is 0.182. The van der Waals surface area contributed by atoms with Crippen molar-refractivity contribution in [2.24, 2.45) is 0 Å². The van der Waals surface area contributed by atoms with E-state index in [4.69, 9.17) is 4.74 Å². The Hall–Kier alpha value is -2.74. The van der Waals surface area contributed by atoms with Gasteiger partial charge in [-0.15, -0.1) is 0 Å². The van der Waals surface area contributed by atoms with E-state index in [1.165, 1.54) is 33.5 Å². The van der Waals surface area contributed by atoms with E-state index >= 15 is 0 Å². The second kappa shape index (κ2) is 6.04. The first-order valence-corrected chi connectivity index (χ1v) is 8.34. The zero-order valence-electron chi connectivity index (χ0n) is 14.0. The summed E-state index contributed by atoms with van der Waals surface area (Å²) in [4.78, 5) is 0. The van der Waals surface area contributed by atoms with Crippen molar-refractivity contribution in [1.29, 1.82) is 0 Å². The molecular formula is C22H21NO. The molecule has 2 heteroatoms. The molecule has 1 atom stereocenters. The smallest absolute Gasteiger partial charge is 0.119 e. The van der Waals surface area contributed by atoms with Gasteiger partial charge in [0.25, 0.3) is 0 Å². The number of fused-ring (bicyclic) bond motifs is 1.